The predicted molar refractivity (Wildman–Crippen MR) is 97.0 cm³/mol. The molecule has 0 bridgehead atoms. The van der Waals surface area contributed by atoms with Gasteiger partial charge in [0, 0.05) is 44.0 Å². The summed E-state index contributed by atoms with van der Waals surface area (Å²) in [6.07, 6.45) is 2.66. The molecule has 7 nitrogen and oxygen atoms in total. The highest BCUT2D eigenvalue weighted by Crippen LogP contribution is 2.31. The molecule has 1 aliphatic heterocycles. The molecular weight excluding hydrogens is 368 g/mol. The summed E-state index contributed by atoms with van der Waals surface area (Å²) in [6, 6.07) is 6.70. The first-order chi connectivity index (χ1) is 12.8. The van der Waals surface area contributed by atoms with Gasteiger partial charge in [0.25, 0.3) is 0 Å². The number of nitrogens with zero attached hydrogens (tertiary/aromatic N) is 2. The van der Waals surface area contributed by atoms with Crippen LogP contribution in [0.1, 0.15) is 31.2 Å². The smallest absolute Gasteiger partial charge is 0.243 e. The number of aryl methyl sites for hydroxylation is 1. The van der Waals surface area contributed by atoms with E-state index in [1.807, 2.05) is 6.92 Å². The first kappa shape index (κ1) is 19.8. The quantitative estimate of drug-likeness (QED) is 0.737. The van der Waals surface area contributed by atoms with E-state index in [-0.39, 0.29) is 37.0 Å². The average molecular weight is 393 g/mol. The number of sulfonamides is 1. The number of hydrogen-bond acceptors (Lipinski definition) is 5. The zero-order valence-electron chi connectivity index (χ0n) is 15.5. The molecule has 148 valence electrons. The Morgan fingerprint density at radius 3 is 2.07 bits per heavy atom. The van der Waals surface area contributed by atoms with Crippen LogP contribution in [0, 0.1) is 18.8 Å². The molecule has 0 unspecified atom stereocenters. The second-order valence-electron chi connectivity index (χ2n) is 7.36. The molecule has 1 aromatic rings. The van der Waals surface area contributed by atoms with Crippen molar-refractivity contribution in [3.63, 3.8) is 0 Å². The Morgan fingerprint density at radius 2 is 1.52 bits per heavy atom. The third-order valence-corrected chi connectivity index (χ3v) is 7.51. The molecule has 8 heteroatoms. The van der Waals surface area contributed by atoms with Gasteiger partial charge in [-0.25, -0.2) is 8.42 Å². The van der Waals surface area contributed by atoms with Crippen molar-refractivity contribution in [3.8, 4) is 0 Å². The Balaban J connectivity index is 1.65. The van der Waals surface area contributed by atoms with Gasteiger partial charge in [0.05, 0.1) is 4.90 Å². The van der Waals surface area contributed by atoms with Gasteiger partial charge in [-0.15, -0.1) is 0 Å². The van der Waals surface area contributed by atoms with E-state index in [9.17, 15) is 23.1 Å². The van der Waals surface area contributed by atoms with Gasteiger partial charge < -0.3 is 14.8 Å². The zero-order valence-corrected chi connectivity index (χ0v) is 16.3. The van der Waals surface area contributed by atoms with Crippen molar-refractivity contribution in [2.45, 2.75) is 37.5 Å². The monoisotopic (exact) mass is 393 g/mol. The third kappa shape index (κ3) is 4.16. The minimum absolute atomic E-state index is 0.184. The number of rotatable bonds is 4. The Kier molecular flexibility index (Phi) is 5.86. The number of aliphatic carboxylic acids is 1. The van der Waals surface area contributed by atoms with Crippen molar-refractivity contribution >= 4 is 21.9 Å². The summed E-state index contributed by atoms with van der Waals surface area (Å²) >= 11 is 0. The highest BCUT2D eigenvalue weighted by atomic mass is 32.2. The van der Waals surface area contributed by atoms with Crippen molar-refractivity contribution in [3.05, 3.63) is 29.8 Å². The third-order valence-electron chi connectivity index (χ3n) is 5.59. The van der Waals surface area contributed by atoms with Gasteiger partial charge in [-0.2, -0.15) is 4.31 Å². The number of benzene rings is 1. The molecule has 1 saturated heterocycles. The van der Waals surface area contributed by atoms with Crippen molar-refractivity contribution in [2.75, 3.05) is 26.2 Å². The van der Waals surface area contributed by atoms with E-state index in [4.69, 9.17) is 0 Å². The van der Waals surface area contributed by atoms with Crippen LogP contribution >= 0.6 is 0 Å². The fraction of sp³-hybridized carbons (Fsp3) is 0.579. The van der Waals surface area contributed by atoms with E-state index < -0.39 is 27.8 Å². The summed E-state index contributed by atoms with van der Waals surface area (Å²) in [5.74, 6) is -2.63. The number of hydrogen-bond donors (Lipinski definition) is 0. The molecule has 0 radical (unpaired) electrons. The molecule has 1 aliphatic carbocycles. The first-order valence-electron chi connectivity index (χ1n) is 9.37. The molecule has 1 saturated carbocycles. The van der Waals surface area contributed by atoms with Crippen LogP contribution in [0.5, 0.6) is 0 Å². The van der Waals surface area contributed by atoms with Crippen LogP contribution in [-0.4, -0.2) is 55.7 Å². The molecule has 0 aromatic heterocycles. The summed E-state index contributed by atoms with van der Waals surface area (Å²) in [6.45, 7) is 2.88. The molecule has 3 rings (SSSR count). The number of carboxylic acids is 1. The lowest BCUT2D eigenvalue weighted by Gasteiger charge is -2.39. The Bertz CT molecular complexity index is 798. The Hall–Kier alpha value is -1.93. The van der Waals surface area contributed by atoms with Crippen LogP contribution in [0.2, 0.25) is 0 Å². The molecule has 2 atom stereocenters. The maximum absolute atomic E-state index is 12.8. The van der Waals surface area contributed by atoms with Gasteiger partial charge in [-0.1, -0.05) is 30.5 Å². The van der Waals surface area contributed by atoms with E-state index in [2.05, 4.69) is 0 Å². The highest BCUT2D eigenvalue weighted by Gasteiger charge is 2.37. The minimum Gasteiger partial charge on any atom is -0.550 e. The van der Waals surface area contributed by atoms with Crippen LogP contribution in [0.15, 0.2) is 29.2 Å². The molecule has 1 amide bonds. The number of carbonyl (C=O) groups excluding carboxylic acids is 2. The molecule has 1 aromatic carbocycles. The number of carbonyl (C=O) groups is 2. The molecule has 1 heterocycles. The Labute approximate surface area is 160 Å². The molecule has 2 aliphatic rings. The maximum Gasteiger partial charge on any atom is 0.243 e. The average Bonchev–Trinajstić information content (AvgIpc) is 2.68. The van der Waals surface area contributed by atoms with E-state index >= 15 is 0 Å². The summed E-state index contributed by atoms with van der Waals surface area (Å²) in [5.41, 5.74) is 0.985. The lowest BCUT2D eigenvalue weighted by atomic mass is 9.78. The largest absolute Gasteiger partial charge is 0.550 e. The maximum atomic E-state index is 12.8. The second-order valence-corrected chi connectivity index (χ2v) is 9.30. The van der Waals surface area contributed by atoms with Crippen molar-refractivity contribution < 1.29 is 23.1 Å². The van der Waals surface area contributed by atoms with Gasteiger partial charge >= 0.3 is 0 Å². The summed E-state index contributed by atoms with van der Waals surface area (Å²) in [7, 11) is -3.59. The van der Waals surface area contributed by atoms with Gasteiger partial charge in [-0.3, -0.25) is 4.79 Å². The fourth-order valence-corrected chi connectivity index (χ4v) is 5.37. The lowest BCUT2D eigenvalue weighted by molar-refractivity contribution is -0.314. The number of piperazine rings is 1. The summed E-state index contributed by atoms with van der Waals surface area (Å²) in [4.78, 5) is 26.0. The van der Waals surface area contributed by atoms with Crippen molar-refractivity contribution in [1.82, 2.24) is 9.21 Å². The Morgan fingerprint density at radius 1 is 0.963 bits per heavy atom. The molecule has 2 fully saturated rings. The van der Waals surface area contributed by atoms with Gasteiger partial charge in [0.15, 0.2) is 0 Å². The SMILES string of the molecule is Cc1ccc(S(=O)(=O)N2CCN(C(=O)[C@@H]3CCCC[C@@H]3C(=O)[O-])CC2)cc1. The standard InChI is InChI=1S/C19H26N2O5S/c1-14-6-8-15(9-7-14)27(25,26)21-12-10-20(11-13-21)18(22)16-4-2-3-5-17(16)19(23)24/h6-9,16-17H,2-5,10-13H2,1H3,(H,23,24)/p-1/t16-,17+/m1/s1. The number of amides is 1. The van der Waals surface area contributed by atoms with Crippen LogP contribution in [0.25, 0.3) is 0 Å². The number of carboxylic acid groups (broad SMARTS) is 1. The fourth-order valence-electron chi connectivity index (χ4n) is 3.95. The topological polar surface area (TPSA) is 97.8 Å². The van der Waals surface area contributed by atoms with E-state index in [0.717, 1.165) is 18.4 Å². The van der Waals surface area contributed by atoms with Gasteiger partial charge in [0.2, 0.25) is 15.9 Å². The molecule has 27 heavy (non-hydrogen) atoms. The lowest BCUT2D eigenvalue weighted by Crippen LogP contribution is -2.54. The molecule has 0 spiro atoms. The normalized spacial score (nSPS) is 24.6. The first-order valence-corrected chi connectivity index (χ1v) is 10.8. The summed E-state index contributed by atoms with van der Waals surface area (Å²) < 4.78 is 26.9. The van der Waals surface area contributed by atoms with E-state index in [0.29, 0.717) is 12.8 Å². The summed E-state index contributed by atoms with van der Waals surface area (Å²) in [5, 5.41) is 11.3. The molecule has 0 N–H and O–H groups in total. The van der Waals surface area contributed by atoms with Gasteiger partial charge in [-0.05, 0) is 31.9 Å². The van der Waals surface area contributed by atoms with E-state index in [1.54, 1.807) is 29.2 Å². The zero-order chi connectivity index (χ0) is 19.6. The van der Waals surface area contributed by atoms with Crippen molar-refractivity contribution in [2.24, 2.45) is 11.8 Å². The van der Waals surface area contributed by atoms with Gasteiger partial charge in [0.1, 0.15) is 0 Å². The van der Waals surface area contributed by atoms with Crippen LogP contribution in [0.3, 0.4) is 0 Å². The minimum atomic E-state index is -3.59. The van der Waals surface area contributed by atoms with Crippen LogP contribution in [0.4, 0.5) is 0 Å². The van der Waals surface area contributed by atoms with E-state index in [1.165, 1.54) is 4.31 Å². The van der Waals surface area contributed by atoms with Crippen molar-refractivity contribution in [1.29, 1.82) is 0 Å². The highest BCUT2D eigenvalue weighted by molar-refractivity contribution is 7.89. The second kappa shape index (κ2) is 7.98. The van der Waals surface area contributed by atoms with Crippen LogP contribution < -0.4 is 5.11 Å². The van der Waals surface area contributed by atoms with Crippen LogP contribution in [-0.2, 0) is 19.6 Å². The predicted octanol–water partition coefficient (Wildman–Crippen LogP) is 0.384. The molecular formula is C19H25N2O5S-.